The summed E-state index contributed by atoms with van der Waals surface area (Å²) in [7, 11) is 0. The zero-order chi connectivity index (χ0) is 20.9. The van der Waals surface area contributed by atoms with Gasteiger partial charge in [0, 0.05) is 48.7 Å². The SMILES string of the molecule is O=C(c1ccc2cn[nH]c2n1)N1C[C@@H]2C[C@H](C1)c1ccc(CN3CCCC3)c(=O)n1C2. The van der Waals surface area contributed by atoms with Crippen LogP contribution in [0.4, 0.5) is 0 Å². The number of nitrogens with zero attached hydrogens (tertiary/aromatic N) is 5. The zero-order valence-corrected chi connectivity index (χ0v) is 17.5. The summed E-state index contributed by atoms with van der Waals surface area (Å²) >= 11 is 0. The van der Waals surface area contributed by atoms with Crippen molar-refractivity contribution in [2.75, 3.05) is 26.2 Å². The molecule has 0 saturated carbocycles. The third-order valence-corrected chi connectivity index (χ3v) is 7.08. The Bertz CT molecular complexity index is 1210. The number of hydrogen-bond donors (Lipinski definition) is 1. The first-order valence-electron chi connectivity index (χ1n) is 11.2. The standard InChI is InChI=1S/C23H26N6O2/c30-22-17(13-27-7-1-2-8-27)4-6-20-18-9-15(12-29(20)22)11-28(14-18)23(31)19-5-3-16-10-24-26-21(16)25-19/h3-6,10,15,18H,1-2,7-9,11-14H2,(H,24,25,26)/t15-,18+/m0/s1. The number of aromatic nitrogens is 4. The van der Waals surface area contributed by atoms with Crippen LogP contribution in [-0.4, -0.2) is 61.6 Å². The number of pyridine rings is 2. The number of hydrogen-bond acceptors (Lipinski definition) is 5. The van der Waals surface area contributed by atoms with Crippen LogP contribution in [-0.2, 0) is 13.1 Å². The van der Waals surface area contributed by atoms with Gasteiger partial charge in [-0.15, -0.1) is 0 Å². The minimum absolute atomic E-state index is 0.0485. The summed E-state index contributed by atoms with van der Waals surface area (Å²) in [6.45, 7) is 4.91. The summed E-state index contributed by atoms with van der Waals surface area (Å²) in [5, 5.41) is 7.71. The molecule has 1 amide bonds. The van der Waals surface area contributed by atoms with Crippen molar-refractivity contribution in [3.63, 3.8) is 0 Å². The zero-order valence-electron chi connectivity index (χ0n) is 17.5. The van der Waals surface area contributed by atoms with Crippen molar-refractivity contribution >= 4 is 16.9 Å². The smallest absolute Gasteiger partial charge is 0.272 e. The van der Waals surface area contributed by atoms with Gasteiger partial charge >= 0.3 is 0 Å². The summed E-state index contributed by atoms with van der Waals surface area (Å²) in [4.78, 5) is 35.1. The number of rotatable bonds is 3. The predicted octanol–water partition coefficient (Wildman–Crippen LogP) is 1.97. The van der Waals surface area contributed by atoms with Crippen LogP contribution in [0.1, 0.15) is 46.9 Å². The average Bonchev–Trinajstić information content (AvgIpc) is 3.46. The molecule has 2 bridgehead atoms. The minimum atomic E-state index is -0.0485. The topological polar surface area (TPSA) is 87.1 Å². The number of fused-ring (bicyclic) bond motifs is 5. The highest BCUT2D eigenvalue weighted by Gasteiger charge is 2.37. The molecule has 6 heterocycles. The summed E-state index contributed by atoms with van der Waals surface area (Å²) in [6, 6.07) is 7.78. The van der Waals surface area contributed by atoms with Gasteiger partial charge in [0.25, 0.3) is 11.5 Å². The van der Waals surface area contributed by atoms with Gasteiger partial charge in [0.2, 0.25) is 0 Å². The normalized spacial score (nSPS) is 23.3. The quantitative estimate of drug-likeness (QED) is 0.703. The number of piperidine rings is 1. The molecule has 6 rings (SSSR count). The molecule has 0 unspecified atom stereocenters. The van der Waals surface area contributed by atoms with E-state index in [-0.39, 0.29) is 17.4 Å². The number of carbonyl (C=O) groups excluding carboxylic acids is 1. The van der Waals surface area contributed by atoms with Gasteiger partial charge in [-0.2, -0.15) is 5.10 Å². The molecule has 3 aliphatic rings. The molecule has 0 aromatic carbocycles. The van der Waals surface area contributed by atoms with E-state index in [1.807, 2.05) is 21.6 Å². The average molecular weight is 419 g/mol. The molecule has 2 atom stereocenters. The van der Waals surface area contributed by atoms with Crippen LogP contribution in [0.5, 0.6) is 0 Å². The first-order chi connectivity index (χ1) is 15.2. The molecule has 31 heavy (non-hydrogen) atoms. The molecule has 0 aliphatic carbocycles. The van der Waals surface area contributed by atoms with Crippen molar-refractivity contribution in [1.29, 1.82) is 0 Å². The van der Waals surface area contributed by atoms with E-state index in [1.54, 1.807) is 12.3 Å². The highest BCUT2D eigenvalue weighted by Crippen LogP contribution is 2.35. The lowest BCUT2D eigenvalue weighted by atomic mass is 9.83. The van der Waals surface area contributed by atoms with Crippen molar-refractivity contribution in [2.24, 2.45) is 5.92 Å². The predicted molar refractivity (Wildman–Crippen MR) is 116 cm³/mol. The van der Waals surface area contributed by atoms with Crippen LogP contribution in [0, 0.1) is 5.92 Å². The third kappa shape index (κ3) is 3.26. The van der Waals surface area contributed by atoms with Gasteiger partial charge < -0.3 is 9.47 Å². The highest BCUT2D eigenvalue weighted by atomic mass is 16.2. The maximum absolute atomic E-state index is 13.2. The summed E-state index contributed by atoms with van der Waals surface area (Å²) in [5.74, 6) is 0.444. The van der Waals surface area contributed by atoms with Gasteiger partial charge in [0.1, 0.15) is 5.69 Å². The Hall–Kier alpha value is -3.00. The number of nitrogens with one attached hydrogen (secondary N) is 1. The van der Waals surface area contributed by atoms with Gasteiger partial charge in [0.15, 0.2) is 5.65 Å². The van der Waals surface area contributed by atoms with E-state index >= 15 is 0 Å². The summed E-state index contributed by atoms with van der Waals surface area (Å²) in [6.07, 6.45) is 5.18. The maximum atomic E-state index is 13.2. The van der Waals surface area contributed by atoms with Crippen LogP contribution in [0.25, 0.3) is 11.0 Å². The Balaban J connectivity index is 1.25. The van der Waals surface area contributed by atoms with E-state index in [4.69, 9.17) is 0 Å². The maximum Gasteiger partial charge on any atom is 0.272 e. The molecule has 0 spiro atoms. The van der Waals surface area contributed by atoms with Crippen molar-refractivity contribution in [3.05, 3.63) is 57.8 Å². The van der Waals surface area contributed by atoms with Crippen LogP contribution < -0.4 is 5.56 Å². The second kappa shape index (κ2) is 7.30. The lowest BCUT2D eigenvalue weighted by Crippen LogP contribution is -2.49. The number of H-pyrrole nitrogens is 1. The molecule has 160 valence electrons. The Morgan fingerprint density at radius 3 is 2.84 bits per heavy atom. The molecule has 3 aliphatic heterocycles. The second-order valence-electron chi connectivity index (χ2n) is 9.20. The lowest BCUT2D eigenvalue weighted by Gasteiger charge is -2.42. The van der Waals surface area contributed by atoms with E-state index in [2.05, 4.69) is 26.1 Å². The van der Waals surface area contributed by atoms with Crippen LogP contribution in [0.2, 0.25) is 0 Å². The monoisotopic (exact) mass is 418 g/mol. The Labute approximate surface area is 179 Å². The molecular formula is C23H26N6O2. The van der Waals surface area contributed by atoms with Crippen molar-refractivity contribution in [3.8, 4) is 0 Å². The van der Waals surface area contributed by atoms with Gasteiger partial charge in [0.05, 0.1) is 6.20 Å². The lowest BCUT2D eigenvalue weighted by molar-refractivity contribution is 0.0588. The largest absolute Gasteiger partial charge is 0.336 e. The number of aromatic amines is 1. The minimum Gasteiger partial charge on any atom is -0.336 e. The summed E-state index contributed by atoms with van der Waals surface area (Å²) < 4.78 is 1.99. The highest BCUT2D eigenvalue weighted by molar-refractivity contribution is 5.94. The van der Waals surface area contributed by atoms with Crippen molar-refractivity contribution in [2.45, 2.75) is 38.3 Å². The van der Waals surface area contributed by atoms with E-state index in [1.165, 1.54) is 12.8 Å². The van der Waals surface area contributed by atoms with Crippen LogP contribution in [0.15, 0.2) is 35.3 Å². The first kappa shape index (κ1) is 18.7. The van der Waals surface area contributed by atoms with E-state index in [9.17, 15) is 9.59 Å². The van der Waals surface area contributed by atoms with Gasteiger partial charge in [-0.25, -0.2) is 4.98 Å². The van der Waals surface area contributed by atoms with Crippen molar-refractivity contribution < 1.29 is 4.79 Å². The Kier molecular flexibility index (Phi) is 4.41. The second-order valence-corrected chi connectivity index (χ2v) is 9.20. The van der Waals surface area contributed by atoms with Crippen LogP contribution in [0.3, 0.4) is 0 Å². The number of carbonyl (C=O) groups is 1. The van der Waals surface area contributed by atoms with E-state index < -0.39 is 0 Å². The van der Waals surface area contributed by atoms with Gasteiger partial charge in [-0.1, -0.05) is 6.07 Å². The molecule has 8 heteroatoms. The molecule has 0 radical (unpaired) electrons. The van der Waals surface area contributed by atoms with E-state index in [0.717, 1.165) is 42.7 Å². The van der Waals surface area contributed by atoms with Gasteiger partial charge in [-0.3, -0.25) is 19.6 Å². The van der Waals surface area contributed by atoms with E-state index in [0.29, 0.717) is 36.9 Å². The molecule has 2 saturated heterocycles. The molecule has 8 nitrogen and oxygen atoms in total. The van der Waals surface area contributed by atoms with Gasteiger partial charge in [-0.05, 0) is 56.5 Å². The molecule has 3 aromatic rings. The third-order valence-electron chi connectivity index (χ3n) is 7.08. The molecule has 2 fully saturated rings. The Morgan fingerprint density at radius 2 is 1.97 bits per heavy atom. The molecule has 3 aromatic heterocycles. The number of likely N-dealkylation sites (tertiary alicyclic amines) is 2. The summed E-state index contributed by atoms with van der Waals surface area (Å²) in [5.41, 5.74) is 3.20. The molecule has 1 N–H and O–H groups in total. The Morgan fingerprint density at radius 1 is 1.10 bits per heavy atom. The fourth-order valence-electron chi connectivity index (χ4n) is 5.57. The van der Waals surface area contributed by atoms with Crippen molar-refractivity contribution in [1.82, 2.24) is 29.5 Å². The molecular weight excluding hydrogens is 392 g/mol. The van der Waals surface area contributed by atoms with Crippen LogP contribution >= 0.6 is 0 Å². The first-order valence-corrected chi connectivity index (χ1v) is 11.2. The fourth-order valence-corrected chi connectivity index (χ4v) is 5.57. The fraction of sp³-hybridized carbons (Fsp3) is 0.478. The number of amides is 1.